The van der Waals surface area contributed by atoms with Crippen LogP contribution in [-0.4, -0.2) is 28.8 Å². The fourth-order valence-electron chi connectivity index (χ4n) is 3.03. The van der Waals surface area contributed by atoms with Crippen molar-refractivity contribution in [3.05, 3.63) is 36.2 Å². The van der Waals surface area contributed by atoms with Gasteiger partial charge in [-0.3, -0.25) is 0 Å². The van der Waals surface area contributed by atoms with Gasteiger partial charge in [0.2, 0.25) is 5.89 Å². The van der Waals surface area contributed by atoms with E-state index >= 15 is 0 Å². The molecule has 2 unspecified atom stereocenters. The minimum atomic E-state index is -0.229. The number of aliphatic hydroxyl groups excluding tert-OH is 1. The summed E-state index contributed by atoms with van der Waals surface area (Å²) in [4.78, 5) is 16.3. The van der Waals surface area contributed by atoms with E-state index in [0.29, 0.717) is 30.0 Å². The molecule has 1 heterocycles. The molecule has 1 aliphatic carbocycles. The molecule has 2 aromatic rings. The quantitative estimate of drug-likeness (QED) is 0.771. The molecule has 0 radical (unpaired) electrons. The van der Waals surface area contributed by atoms with E-state index in [1.165, 1.54) is 0 Å². The zero-order valence-electron chi connectivity index (χ0n) is 14.7. The monoisotopic (exact) mass is 343 g/mol. The van der Waals surface area contributed by atoms with E-state index in [0.717, 1.165) is 30.6 Å². The van der Waals surface area contributed by atoms with Crippen LogP contribution in [0.3, 0.4) is 0 Å². The molecule has 1 saturated carbocycles. The van der Waals surface area contributed by atoms with Gasteiger partial charge < -0.3 is 20.2 Å². The SMILES string of the molecule is CC(C)c1cnc(-c2ccc(NC(=O)NCC3CCC(O)C3)cc2)o1. The number of urea groups is 1. The minimum absolute atomic E-state index is 0.214. The van der Waals surface area contributed by atoms with Gasteiger partial charge in [-0.25, -0.2) is 9.78 Å². The molecule has 3 rings (SSSR count). The van der Waals surface area contributed by atoms with Crippen molar-refractivity contribution in [1.29, 1.82) is 0 Å². The zero-order chi connectivity index (χ0) is 17.8. The maximum atomic E-state index is 12.0. The van der Waals surface area contributed by atoms with Crippen LogP contribution in [0.25, 0.3) is 11.5 Å². The van der Waals surface area contributed by atoms with E-state index in [-0.39, 0.29) is 12.1 Å². The predicted molar refractivity (Wildman–Crippen MR) is 96.4 cm³/mol. The first-order chi connectivity index (χ1) is 12.0. The summed E-state index contributed by atoms with van der Waals surface area (Å²) in [6.45, 7) is 4.71. The molecule has 3 N–H and O–H groups in total. The molecule has 6 nitrogen and oxygen atoms in total. The van der Waals surface area contributed by atoms with Gasteiger partial charge >= 0.3 is 6.03 Å². The van der Waals surface area contributed by atoms with Crippen LogP contribution in [0.1, 0.15) is 44.8 Å². The number of anilines is 1. The third kappa shape index (κ3) is 4.60. The van der Waals surface area contributed by atoms with Crippen LogP contribution in [0, 0.1) is 5.92 Å². The van der Waals surface area contributed by atoms with Gasteiger partial charge in [0.15, 0.2) is 0 Å². The lowest BCUT2D eigenvalue weighted by molar-refractivity contribution is 0.177. The van der Waals surface area contributed by atoms with Crippen molar-refractivity contribution in [3.8, 4) is 11.5 Å². The van der Waals surface area contributed by atoms with Crippen LogP contribution in [0.4, 0.5) is 10.5 Å². The number of oxazole rings is 1. The number of carbonyl (C=O) groups is 1. The van der Waals surface area contributed by atoms with Gasteiger partial charge in [0.1, 0.15) is 5.76 Å². The number of hydrogen-bond acceptors (Lipinski definition) is 4. The number of benzene rings is 1. The van der Waals surface area contributed by atoms with E-state index in [9.17, 15) is 9.90 Å². The second-order valence-corrected chi connectivity index (χ2v) is 6.97. The molecule has 134 valence electrons. The summed E-state index contributed by atoms with van der Waals surface area (Å²) in [5.74, 6) is 2.10. The Morgan fingerprint density at radius 2 is 2.08 bits per heavy atom. The van der Waals surface area contributed by atoms with Crippen LogP contribution < -0.4 is 10.6 Å². The smallest absolute Gasteiger partial charge is 0.319 e. The number of carbonyl (C=O) groups excluding carboxylic acids is 1. The zero-order valence-corrected chi connectivity index (χ0v) is 14.7. The maximum Gasteiger partial charge on any atom is 0.319 e. The van der Waals surface area contributed by atoms with Gasteiger partial charge in [0.05, 0.1) is 12.3 Å². The van der Waals surface area contributed by atoms with Crippen LogP contribution in [0.15, 0.2) is 34.9 Å². The Balaban J connectivity index is 1.52. The average molecular weight is 343 g/mol. The summed E-state index contributed by atoms with van der Waals surface area (Å²) < 4.78 is 5.73. The minimum Gasteiger partial charge on any atom is -0.441 e. The molecule has 1 aliphatic rings. The number of hydrogen-bond donors (Lipinski definition) is 3. The van der Waals surface area contributed by atoms with Crippen LogP contribution >= 0.6 is 0 Å². The van der Waals surface area contributed by atoms with Crippen molar-refractivity contribution in [1.82, 2.24) is 10.3 Å². The van der Waals surface area contributed by atoms with E-state index < -0.39 is 0 Å². The molecule has 0 aliphatic heterocycles. The molecular formula is C19H25N3O3. The van der Waals surface area contributed by atoms with E-state index in [4.69, 9.17) is 4.42 Å². The Hall–Kier alpha value is -2.34. The lowest BCUT2D eigenvalue weighted by Crippen LogP contribution is -2.32. The molecule has 1 fully saturated rings. The summed E-state index contributed by atoms with van der Waals surface area (Å²) in [6, 6.07) is 7.17. The molecule has 25 heavy (non-hydrogen) atoms. The third-order valence-electron chi connectivity index (χ3n) is 4.55. The van der Waals surface area contributed by atoms with Gasteiger partial charge in [-0.2, -0.15) is 0 Å². The number of nitrogens with zero attached hydrogens (tertiary/aromatic N) is 1. The first-order valence-electron chi connectivity index (χ1n) is 8.80. The Morgan fingerprint density at radius 1 is 1.32 bits per heavy atom. The largest absolute Gasteiger partial charge is 0.441 e. The molecule has 0 spiro atoms. The Labute approximate surface area is 147 Å². The second kappa shape index (κ2) is 7.70. The fourth-order valence-corrected chi connectivity index (χ4v) is 3.03. The second-order valence-electron chi connectivity index (χ2n) is 6.97. The maximum absolute atomic E-state index is 12.0. The molecular weight excluding hydrogens is 318 g/mol. The highest BCUT2D eigenvalue weighted by atomic mass is 16.4. The van der Waals surface area contributed by atoms with Gasteiger partial charge in [-0.15, -0.1) is 0 Å². The van der Waals surface area contributed by atoms with Gasteiger partial charge in [0, 0.05) is 23.7 Å². The molecule has 1 aromatic heterocycles. The summed E-state index contributed by atoms with van der Waals surface area (Å²) in [6.07, 6.45) is 4.09. The lowest BCUT2D eigenvalue weighted by atomic mass is 10.1. The van der Waals surface area contributed by atoms with Crippen molar-refractivity contribution in [2.45, 2.75) is 45.1 Å². The van der Waals surface area contributed by atoms with Crippen molar-refractivity contribution in [2.24, 2.45) is 5.92 Å². The molecule has 0 bridgehead atoms. The third-order valence-corrected chi connectivity index (χ3v) is 4.55. The van der Waals surface area contributed by atoms with E-state index in [2.05, 4.69) is 29.5 Å². The first kappa shape index (κ1) is 17.5. The van der Waals surface area contributed by atoms with Crippen LogP contribution in [0.2, 0.25) is 0 Å². The highest BCUT2D eigenvalue weighted by Gasteiger charge is 2.22. The van der Waals surface area contributed by atoms with Gasteiger partial charge in [-0.05, 0) is 49.4 Å². The molecule has 1 aromatic carbocycles. The van der Waals surface area contributed by atoms with Crippen molar-refractivity contribution in [2.75, 3.05) is 11.9 Å². The summed E-state index contributed by atoms with van der Waals surface area (Å²) in [7, 11) is 0. The van der Waals surface area contributed by atoms with Crippen LogP contribution in [-0.2, 0) is 0 Å². The lowest BCUT2D eigenvalue weighted by Gasteiger charge is -2.12. The molecule has 2 amide bonds. The highest BCUT2D eigenvalue weighted by molar-refractivity contribution is 5.89. The normalized spacial score (nSPS) is 20.0. The van der Waals surface area contributed by atoms with E-state index in [1.807, 2.05) is 24.3 Å². The number of aliphatic hydroxyl groups is 1. The van der Waals surface area contributed by atoms with Crippen molar-refractivity contribution in [3.63, 3.8) is 0 Å². The standard InChI is InChI=1S/C19H25N3O3/c1-12(2)17-11-20-18(25-17)14-4-6-15(7-5-14)22-19(24)21-10-13-3-8-16(23)9-13/h4-7,11-13,16,23H,3,8-10H2,1-2H3,(H2,21,22,24). The number of amides is 2. The summed E-state index contributed by atoms with van der Waals surface area (Å²) in [5.41, 5.74) is 1.58. The highest BCUT2D eigenvalue weighted by Crippen LogP contribution is 2.25. The fraction of sp³-hybridized carbons (Fsp3) is 0.474. The Morgan fingerprint density at radius 3 is 2.68 bits per heavy atom. The molecule has 2 atom stereocenters. The van der Waals surface area contributed by atoms with Gasteiger partial charge in [-0.1, -0.05) is 13.8 Å². The number of rotatable bonds is 5. The summed E-state index contributed by atoms with van der Waals surface area (Å²) >= 11 is 0. The number of aromatic nitrogens is 1. The van der Waals surface area contributed by atoms with Crippen molar-refractivity contribution < 1.29 is 14.3 Å². The van der Waals surface area contributed by atoms with E-state index in [1.54, 1.807) is 6.20 Å². The number of nitrogens with one attached hydrogen (secondary N) is 2. The predicted octanol–water partition coefficient (Wildman–Crippen LogP) is 3.75. The Kier molecular flexibility index (Phi) is 5.38. The van der Waals surface area contributed by atoms with Crippen molar-refractivity contribution >= 4 is 11.7 Å². The Bertz CT molecular complexity index is 709. The molecule has 0 saturated heterocycles. The van der Waals surface area contributed by atoms with Gasteiger partial charge in [0.25, 0.3) is 0 Å². The average Bonchev–Trinajstić information content (AvgIpc) is 3.23. The molecule has 6 heteroatoms. The topological polar surface area (TPSA) is 87.4 Å². The van der Waals surface area contributed by atoms with Crippen LogP contribution in [0.5, 0.6) is 0 Å². The first-order valence-corrected chi connectivity index (χ1v) is 8.80. The summed E-state index contributed by atoms with van der Waals surface area (Å²) in [5, 5.41) is 15.2.